The standard InChI is InChI=1S/C10H10Cl2N2O/c11-7-2-1-3-8(12)10(7)14-5-4-13-6-9(14)15/h1-3,13H,4-6H2. The van der Waals surface area contributed by atoms with Gasteiger partial charge in [0.15, 0.2) is 0 Å². The van der Waals surface area contributed by atoms with Crippen LogP contribution in [0.3, 0.4) is 0 Å². The number of rotatable bonds is 1. The second-order valence-electron chi connectivity index (χ2n) is 3.29. The van der Waals surface area contributed by atoms with Crippen LogP contribution in [-0.2, 0) is 4.79 Å². The topological polar surface area (TPSA) is 32.3 Å². The molecule has 0 spiro atoms. The summed E-state index contributed by atoms with van der Waals surface area (Å²) in [5, 5.41) is 4.02. The second kappa shape index (κ2) is 4.39. The number of nitrogens with zero attached hydrogens (tertiary/aromatic N) is 1. The van der Waals surface area contributed by atoms with Crippen molar-refractivity contribution in [2.45, 2.75) is 0 Å². The van der Waals surface area contributed by atoms with Crippen LogP contribution in [0.25, 0.3) is 0 Å². The lowest BCUT2D eigenvalue weighted by molar-refractivity contribution is -0.118. The van der Waals surface area contributed by atoms with E-state index >= 15 is 0 Å². The van der Waals surface area contributed by atoms with Crippen molar-refractivity contribution in [3.05, 3.63) is 28.2 Å². The first-order valence-electron chi connectivity index (χ1n) is 4.65. The van der Waals surface area contributed by atoms with Crippen molar-refractivity contribution in [2.24, 2.45) is 0 Å². The SMILES string of the molecule is O=C1CNCCN1c1c(Cl)cccc1Cl. The maximum atomic E-state index is 11.6. The highest BCUT2D eigenvalue weighted by atomic mass is 35.5. The van der Waals surface area contributed by atoms with Crippen LogP contribution in [0.4, 0.5) is 5.69 Å². The first kappa shape index (κ1) is 10.7. The third-order valence-electron chi connectivity index (χ3n) is 2.30. The number of hydrogen-bond donors (Lipinski definition) is 1. The normalized spacial score (nSPS) is 16.9. The smallest absolute Gasteiger partial charge is 0.241 e. The van der Waals surface area contributed by atoms with Gasteiger partial charge in [-0.15, -0.1) is 0 Å². The van der Waals surface area contributed by atoms with Crippen LogP contribution in [0.1, 0.15) is 0 Å². The molecule has 0 bridgehead atoms. The summed E-state index contributed by atoms with van der Waals surface area (Å²) in [5.74, 6) is -0.00347. The van der Waals surface area contributed by atoms with Crippen molar-refractivity contribution in [3.8, 4) is 0 Å². The quantitative estimate of drug-likeness (QED) is 0.819. The third kappa shape index (κ3) is 2.09. The summed E-state index contributed by atoms with van der Waals surface area (Å²) in [6.07, 6.45) is 0. The zero-order chi connectivity index (χ0) is 10.8. The van der Waals surface area contributed by atoms with Gasteiger partial charge in [-0.2, -0.15) is 0 Å². The van der Waals surface area contributed by atoms with Crippen molar-refractivity contribution < 1.29 is 4.79 Å². The Bertz CT molecular complexity index is 375. The predicted octanol–water partition coefficient (Wildman–Crippen LogP) is 1.93. The van der Waals surface area contributed by atoms with E-state index in [1.165, 1.54) is 0 Å². The minimum absolute atomic E-state index is 0.00347. The van der Waals surface area contributed by atoms with Crippen LogP contribution >= 0.6 is 23.2 Å². The van der Waals surface area contributed by atoms with Gasteiger partial charge in [-0.3, -0.25) is 4.79 Å². The van der Waals surface area contributed by atoms with E-state index in [-0.39, 0.29) is 5.91 Å². The molecule has 0 atom stereocenters. The van der Waals surface area contributed by atoms with Crippen LogP contribution in [-0.4, -0.2) is 25.5 Å². The number of carbonyl (C=O) groups is 1. The lowest BCUT2D eigenvalue weighted by Gasteiger charge is -2.28. The Labute approximate surface area is 98.0 Å². The fourth-order valence-electron chi connectivity index (χ4n) is 1.59. The Balaban J connectivity index is 2.39. The minimum Gasteiger partial charge on any atom is -0.307 e. The molecule has 5 heteroatoms. The largest absolute Gasteiger partial charge is 0.307 e. The zero-order valence-corrected chi connectivity index (χ0v) is 9.48. The number of benzene rings is 1. The number of hydrogen-bond acceptors (Lipinski definition) is 2. The van der Waals surface area contributed by atoms with Gasteiger partial charge in [0.25, 0.3) is 0 Å². The lowest BCUT2D eigenvalue weighted by atomic mass is 10.2. The first-order chi connectivity index (χ1) is 7.20. The summed E-state index contributed by atoms with van der Waals surface area (Å²) in [7, 11) is 0. The molecule has 80 valence electrons. The highest BCUT2D eigenvalue weighted by molar-refractivity contribution is 6.39. The molecule has 1 saturated heterocycles. The molecule has 1 heterocycles. The molecule has 2 rings (SSSR count). The molecular formula is C10H10Cl2N2O. The third-order valence-corrected chi connectivity index (χ3v) is 2.91. The number of carbonyl (C=O) groups excluding carboxylic acids is 1. The Morgan fingerprint density at radius 2 is 1.93 bits per heavy atom. The maximum absolute atomic E-state index is 11.6. The molecule has 0 radical (unpaired) electrons. The van der Waals surface area contributed by atoms with Gasteiger partial charge in [-0.25, -0.2) is 0 Å². The number of amides is 1. The summed E-state index contributed by atoms with van der Waals surface area (Å²) in [4.78, 5) is 13.3. The van der Waals surface area contributed by atoms with Crippen molar-refractivity contribution in [3.63, 3.8) is 0 Å². The molecule has 1 N–H and O–H groups in total. The van der Waals surface area contributed by atoms with E-state index in [1.54, 1.807) is 23.1 Å². The maximum Gasteiger partial charge on any atom is 0.241 e. The number of piperazine rings is 1. The lowest BCUT2D eigenvalue weighted by Crippen LogP contribution is -2.48. The Morgan fingerprint density at radius 3 is 2.53 bits per heavy atom. The Hall–Kier alpha value is -0.770. The molecule has 0 saturated carbocycles. The van der Waals surface area contributed by atoms with E-state index < -0.39 is 0 Å². The summed E-state index contributed by atoms with van der Waals surface area (Å²) < 4.78 is 0. The first-order valence-corrected chi connectivity index (χ1v) is 5.41. The summed E-state index contributed by atoms with van der Waals surface area (Å²) in [5.41, 5.74) is 0.618. The average molecular weight is 245 g/mol. The molecule has 1 amide bonds. The van der Waals surface area contributed by atoms with Crippen LogP contribution in [0.2, 0.25) is 10.0 Å². The van der Waals surface area contributed by atoms with E-state index in [1.807, 2.05) is 0 Å². The van der Waals surface area contributed by atoms with Crippen LogP contribution in [0.15, 0.2) is 18.2 Å². The molecule has 15 heavy (non-hydrogen) atoms. The van der Waals surface area contributed by atoms with Gasteiger partial charge >= 0.3 is 0 Å². The molecule has 0 unspecified atom stereocenters. The molecule has 0 aromatic heterocycles. The molecule has 1 aromatic rings. The van der Waals surface area contributed by atoms with Crippen molar-refractivity contribution in [1.29, 1.82) is 0 Å². The van der Waals surface area contributed by atoms with Crippen LogP contribution < -0.4 is 10.2 Å². The molecule has 1 aromatic carbocycles. The summed E-state index contributed by atoms with van der Waals surface area (Å²) >= 11 is 12.1. The van der Waals surface area contributed by atoms with Crippen molar-refractivity contribution >= 4 is 34.8 Å². The van der Waals surface area contributed by atoms with Gasteiger partial charge in [0, 0.05) is 13.1 Å². The van der Waals surface area contributed by atoms with Gasteiger partial charge in [0.1, 0.15) is 0 Å². The molecule has 1 aliphatic rings. The van der Waals surface area contributed by atoms with Crippen LogP contribution in [0.5, 0.6) is 0 Å². The van der Waals surface area contributed by atoms with Gasteiger partial charge in [0.2, 0.25) is 5.91 Å². The molecule has 1 aliphatic heterocycles. The average Bonchev–Trinajstić information content (AvgIpc) is 2.20. The van der Waals surface area contributed by atoms with Crippen molar-refractivity contribution in [2.75, 3.05) is 24.5 Å². The fourth-order valence-corrected chi connectivity index (χ4v) is 2.19. The number of para-hydroxylation sites is 1. The number of halogens is 2. The Kier molecular flexibility index (Phi) is 3.14. The van der Waals surface area contributed by atoms with E-state index in [4.69, 9.17) is 23.2 Å². The van der Waals surface area contributed by atoms with Gasteiger partial charge in [0.05, 0.1) is 22.3 Å². The summed E-state index contributed by atoms with van der Waals surface area (Å²) in [6.45, 7) is 1.69. The van der Waals surface area contributed by atoms with E-state index in [9.17, 15) is 4.79 Å². The van der Waals surface area contributed by atoms with E-state index in [0.29, 0.717) is 28.8 Å². The van der Waals surface area contributed by atoms with Crippen molar-refractivity contribution in [1.82, 2.24) is 5.32 Å². The van der Waals surface area contributed by atoms with Gasteiger partial charge < -0.3 is 10.2 Å². The highest BCUT2D eigenvalue weighted by Gasteiger charge is 2.23. The summed E-state index contributed by atoms with van der Waals surface area (Å²) in [6, 6.07) is 5.23. The monoisotopic (exact) mass is 244 g/mol. The molecular weight excluding hydrogens is 235 g/mol. The van der Waals surface area contributed by atoms with Gasteiger partial charge in [-0.1, -0.05) is 29.3 Å². The van der Waals surface area contributed by atoms with Gasteiger partial charge in [-0.05, 0) is 12.1 Å². The molecule has 3 nitrogen and oxygen atoms in total. The predicted molar refractivity (Wildman–Crippen MR) is 61.7 cm³/mol. The number of nitrogens with one attached hydrogen (secondary N) is 1. The zero-order valence-electron chi connectivity index (χ0n) is 7.96. The van der Waals surface area contributed by atoms with E-state index in [2.05, 4.69) is 5.32 Å². The molecule has 1 fully saturated rings. The van der Waals surface area contributed by atoms with Crippen LogP contribution in [0, 0.1) is 0 Å². The van der Waals surface area contributed by atoms with E-state index in [0.717, 1.165) is 6.54 Å². The minimum atomic E-state index is -0.00347. The second-order valence-corrected chi connectivity index (χ2v) is 4.11. The Morgan fingerprint density at radius 1 is 1.27 bits per heavy atom. The fraction of sp³-hybridized carbons (Fsp3) is 0.300. The molecule has 0 aliphatic carbocycles. The number of anilines is 1. The highest BCUT2D eigenvalue weighted by Crippen LogP contribution is 2.33.